The maximum atomic E-state index is 11.3. The van der Waals surface area contributed by atoms with Gasteiger partial charge in [-0.15, -0.1) is 0 Å². The maximum Gasteiger partial charge on any atom is 0.335 e. The van der Waals surface area contributed by atoms with Gasteiger partial charge in [0.05, 0.1) is 11.3 Å². The molecule has 0 aliphatic carbocycles. The first kappa shape index (κ1) is 13.1. The topological polar surface area (TPSA) is 66.4 Å². The van der Waals surface area contributed by atoms with Crippen molar-refractivity contribution in [2.24, 2.45) is 0 Å². The second kappa shape index (κ2) is 5.91. The van der Waals surface area contributed by atoms with Crippen molar-refractivity contribution >= 4 is 45.3 Å². The minimum atomic E-state index is -1.03. The number of anilines is 1. The molecule has 1 aromatic carbocycles. The second-order valence-electron chi connectivity index (χ2n) is 3.01. The summed E-state index contributed by atoms with van der Waals surface area (Å²) < 4.78 is 0.617. The van der Waals surface area contributed by atoms with Gasteiger partial charge in [-0.3, -0.25) is 4.79 Å². The molecule has 0 aliphatic heterocycles. The Labute approximate surface area is 106 Å². The van der Waals surface area contributed by atoms with E-state index < -0.39 is 5.97 Å². The summed E-state index contributed by atoms with van der Waals surface area (Å²) in [6.07, 6.45) is 1.82. The summed E-state index contributed by atoms with van der Waals surface area (Å²) in [7, 11) is 0. The van der Waals surface area contributed by atoms with E-state index >= 15 is 0 Å². The standard InChI is InChI=1S/C10H10BrNO3S/c1-16-5-9(13)12-8-3-6(10(14)15)2-7(11)4-8/h2-4H,5H2,1H3,(H,12,13)(H,14,15). The molecule has 0 atom stereocenters. The molecular formula is C10H10BrNO3S. The fourth-order valence-corrected chi connectivity index (χ4v) is 1.94. The Morgan fingerprint density at radius 1 is 1.44 bits per heavy atom. The molecule has 1 aromatic rings. The normalized spacial score (nSPS) is 9.88. The lowest BCUT2D eigenvalue weighted by molar-refractivity contribution is -0.113. The summed E-state index contributed by atoms with van der Waals surface area (Å²) in [5, 5.41) is 11.5. The van der Waals surface area contributed by atoms with Crippen molar-refractivity contribution in [1.82, 2.24) is 0 Å². The molecule has 0 fully saturated rings. The number of nitrogens with one attached hydrogen (secondary N) is 1. The SMILES string of the molecule is CSCC(=O)Nc1cc(Br)cc(C(=O)O)c1. The number of benzene rings is 1. The molecule has 0 saturated heterocycles. The van der Waals surface area contributed by atoms with Gasteiger partial charge in [-0.25, -0.2) is 4.79 Å². The molecule has 2 N–H and O–H groups in total. The third kappa shape index (κ3) is 3.86. The Balaban J connectivity index is 2.88. The molecule has 0 bridgehead atoms. The van der Waals surface area contributed by atoms with E-state index in [4.69, 9.17) is 5.11 Å². The minimum absolute atomic E-state index is 0.133. The summed E-state index contributed by atoms with van der Waals surface area (Å²) in [6, 6.07) is 4.56. The van der Waals surface area contributed by atoms with Gasteiger partial charge in [0.1, 0.15) is 0 Å². The fraction of sp³-hybridized carbons (Fsp3) is 0.200. The molecule has 0 spiro atoms. The van der Waals surface area contributed by atoms with Crippen LogP contribution in [0, 0.1) is 0 Å². The monoisotopic (exact) mass is 303 g/mol. The molecule has 1 amide bonds. The highest BCUT2D eigenvalue weighted by molar-refractivity contribution is 9.10. The molecule has 4 nitrogen and oxygen atoms in total. The van der Waals surface area contributed by atoms with Gasteiger partial charge in [-0.05, 0) is 24.5 Å². The van der Waals surface area contributed by atoms with Gasteiger partial charge >= 0.3 is 5.97 Å². The van der Waals surface area contributed by atoms with Crippen LogP contribution in [-0.2, 0) is 4.79 Å². The molecular weight excluding hydrogens is 294 g/mol. The van der Waals surface area contributed by atoms with Crippen LogP contribution >= 0.6 is 27.7 Å². The number of thioether (sulfide) groups is 1. The minimum Gasteiger partial charge on any atom is -0.478 e. The zero-order valence-electron chi connectivity index (χ0n) is 8.49. The number of rotatable bonds is 4. The van der Waals surface area contributed by atoms with Gasteiger partial charge in [0.15, 0.2) is 0 Å². The van der Waals surface area contributed by atoms with Crippen LogP contribution in [0.15, 0.2) is 22.7 Å². The summed E-state index contributed by atoms with van der Waals surface area (Å²) >= 11 is 4.59. The third-order valence-electron chi connectivity index (χ3n) is 1.70. The first-order valence-electron chi connectivity index (χ1n) is 4.35. The largest absolute Gasteiger partial charge is 0.478 e. The molecule has 0 saturated carbocycles. The molecule has 16 heavy (non-hydrogen) atoms. The lowest BCUT2D eigenvalue weighted by atomic mass is 10.2. The number of amides is 1. The Hall–Kier alpha value is -1.01. The first-order valence-corrected chi connectivity index (χ1v) is 6.54. The molecule has 6 heteroatoms. The van der Waals surface area contributed by atoms with E-state index in [1.165, 1.54) is 23.9 Å². The average Bonchev–Trinajstić information content (AvgIpc) is 2.16. The predicted molar refractivity (Wildman–Crippen MR) is 68.1 cm³/mol. The molecule has 0 aromatic heterocycles. The highest BCUT2D eigenvalue weighted by atomic mass is 79.9. The van der Waals surface area contributed by atoms with Crippen molar-refractivity contribution in [3.8, 4) is 0 Å². The molecule has 0 radical (unpaired) electrons. The van der Waals surface area contributed by atoms with Crippen molar-refractivity contribution < 1.29 is 14.7 Å². The predicted octanol–water partition coefficient (Wildman–Crippen LogP) is 2.45. The Kier molecular flexibility index (Phi) is 4.82. The summed E-state index contributed by atoms with van der Waals surface area (Å²) in [5.74, 6) is -0.835. The Morgan fingerprint density at radius 2 is 2.12 bits per heavy atom. The number of carboxylic acid groups (broad SMARTS) is 1. The smallest absolute Gasteiger partial charge is 0.335 e. The van der Waals surface area contributed by atoms with E-state index in [1.807, 2.05) is 6.26 Å². The number of carbonyl (C=O) groups is 2. The Morgan fingerprint density at radius 3 is 2.69 bits per heavy atom. The van der Waals surface area contributed by atoms with Crippen LogP contribution in [0.4, 0.5) is 5.69 Å². The van der Waals surface area contributed by atoms with Crippen LogP contribution in [0.25, 0.3) is 0 Å². The molecule has 1 rings (SSSR count). The zero-order valence-corrected chi connectivity index (χ0v) is 10.9. The summed E-state index contributed by atoms with van der Waals surface area (Å²) in [4.78, 5) is 22.1. The van der Waals surface area contributed by atoms with Crippen LogP contribution in [-0.4, -0.2) is 29.0 Å². The molecule has 0 heterocycles. The van der Waals surface area contributed by atoms with Crippen molar-refractivity contribution in [2.75, 3.05) is 17.3 Å². The van der Waals surface area contributed by atoms with E-state index in [9.17, 15) is 9.59 Å². The average molecular weight is 304 g/mol. The quantitative estimate of drug-likeness (QED) is 0.896. The number of hydrogen-bond acceptors (Lipinski definition) is 3. The van der Waals surface area contributed by atoms with Crippen molar-refractivity contribution in [3.05, 3.63) is 28.2 Å². The van der Waals surface area contributed by atoms with Gasteiger partial charge in [0.25, 0.3) is 0 Å². The van der Waals surface area contributed by atoms with E-state index in [0.29, 0.717) is 15.9 Å². The number of hydrogen-bond donors (Lipinski definition) is 2. The molecule has 0 unspecified atom stereocenters. The zero-order chi connectivity index (χ0) is 12.1. The van der Waals surface area contributed by atoms with Gasteiger partial charge < -0.3 is 10.4 Å². The van der Waals surface area contributed by atoms with Gasteiger partial charge in [-0.2, -0.15) is 11.8 Å². The maximum absolute atomic E-state index is 11.3. The van der Waals surface area contributed by atoms with Gasteiger partial charge in [0, 0.05) is 10.2 Å². The van der Waals surface area contributed by atoms with Crippen molar-refractivity contribution in [3.63, 3.8) is 0 Å². The Bertz CT molecular complexity index is 423. The summed E-state index contributed by atoms with van der Waals surface area (Å²) in [5.41, 5.74) is 0.611. The van der Waals surface area contributed by atoms with Crippen LogP contribution in [0.2, 0.25) is 0 Å². The van der Waals surface area contributed by atoms with Crippen LogP contribution in [0.5, 0.6) is 0 Å². The third-order valence-corrected chi connectivity index (χ3v) is 2.71. The fourth-order valence-electron chi connectivity index (χ4n) is 1.11. The van der Waals surface area contributed by atoms with E-state index in [-0.39, 0.29) is 11.5 Å². The van der Waals surface area contributed by atoms with Crippen molar-refractivity contribution in [1.29, 1.82) is 0 Å². The summed E-state index contributed by atoms with van der Waals surface area (Å²) in [6.45, 7) is 0. The van der Waals surface area contributed by atoms with Crippen LogP contribution in [0.3, 0.4) is 0 Å². The highest BCUT2D eigenvalue weighted by Crippen LogP contribution is 2.19. The van der Waals surface area contributed by atoms with E-state index in [2.05, 4.69) is 21.2 Å². The molecule has 86 valence electrons. The van der Waals surface area contributed by atoms with Gasteiger partial charge in [-0.1, -0.05) is 15.9 Å². The molecule has 0 aliphatic rings. The lowest BCUT2D eigenvalue weighted by Gasteiger charge is -2.06. The van der Waals surface area contributed by atoms with E-state index in [1.54, 1.807) is 6.07 Å². The van der Waals surface area contributed by atoms with Crippen molar-refractivity contribution in [2.45, 2.75) is 0 Å². The van der Waals surface area contributed by atoms with Crippen LogP contribution in [0.1, 0.15) is 10.4 Å². The number of carboxylic acids is 1. The van der Waals surface area contributed by atoms with E-state index in [0.717, 1.165) is 0 Å². The number of aromatic carboxylic acids is 1. The number of halogens is 1. The lowest BCUT2D eigenvalue weighted by Crippen LogP contribution is -2.14. The second-order valence-corrected chi connectivity index (χ2v) is 4.80. The van der Waals surface area contributed by atoms with Gasteiger partial charge in [0.2, 0.25) is 5.91 Å². The highest BCUT2D eigenvalue weighted by Gasteiger charge is 2.07. The first-order chi connectivity index (χ1) is 7.52. The van der Waals surface area contributed by atoms with Crippen LogP contribution < -0.4 is 5.32 Å². The number of carbonyl (C=O) groups excluding carboxylic acids is 1.